The van der Waals surface area contributed by atoms with Gasteiger partial charge in [0, 0.05) is 20.0 Å². The molecule has 0 saturated carbocycles. The lowest BCUT2D eigenvalue weighted by Gasteiger charge is -2.22. The monoisotopic (exact) mass is 251 g/mol. The van der Waals surface area contributed by atoms with Gasteiger partial charge in [-0.1, -0.05) is 0 Å². The standard InChI is InChI=1S/C10H15F2NO4/c1-17-5-7-4-10(11,12)6-13(7)8(14)2-3-9(15)16/h7H,2-6H2,1H3,(H,15,16). The maximum Gasteiger partial charge on any atom is 0.303 e. The molecule has 0 bridgehead atoms. The maximum absolute atomic E-state index is 13.2. The summed E-state index contributed by atoms with van der Waals surface area (Å²) in [5, 5.41) is 8.43. The van der Waals surface area contributed by atoms with Gasteiger partial charge in [-0.2, -0.15) is 0 Å². The number of ether oxygens (including phenoxy) is 1. The smallest absolute Gasteiger partial charge is 0.303 e. The predicted molar refractivity (Wildman–Crippen MR) is 53.8 cm³/mol. The van der Waals surface area contributed by atoms with Crippen LogP contribution in [0.15, 0.2) is 0 Å². The summed E-state index contributed by atoms with van der Waals surface area (Å²) in [6, 6.07) is -0.670. The van der Waals surface area contributed by atoms with Crippen molar-refractivity contribution >= 4 is 11.9 Å². The number of hydrogen-bond acceptors (Lipinski definition) is 3. The van der Waals surface area contributed by atoms with Crippen LogP contribution in [0.3, 0.4) is 0 Å². The van der Waals surface area contributed by atoms with Crippen LogP contribution >= 0.6 is 0 Å². The molecule has 1 amide bonds. The summed E-state index contributed by atoms with van der Waals surface area (Å²) < 4.78 is 31.1. The van der Waals surface area contributed by atoms with E-state index in [-0.39, 0.29) is 19.4 Å². The summed E-state index contributed by atoms with van der Waals surface area (Å²) in [6.07, 6.45) is -1.04. The highest BCUT2D eigenvalue weighted by atomic mass is 19.3. The Labute approximate surface area is 97.3 Å². The molecule has 1 heterocycles. The Bertz CT molecular complexity index is 309. The van der Waals surface area contributed by atoms with Crippen molar-refractivity contribution in [3.8, 4) is 0 Å². The first-order chi connectivity index (χ1) is 7.85. The molecule has 1 saturated heterocycles. The van der Waals surface area contributed by atoms with Crippen LogP contribution in [-0.2, 0) is 14.3 Å². The summed E-state index contributed by atoms with van der Waals surface area (Å²) in [5.74, 6) is -4.60. The Morgan fingerprint density at radius 2 is 2.12 bits per heavy atom. The van der Waals surface area contributed by atoms with Gasteiger partial charge in [0.1, 0.15) is 0 Å². The zero-order valence-corrected chi connectivity index (χ0v) is 9.49. The number of alkyl halides is 2. The molecule has 5 nitrogen and oxygen atoms in total. The molecule has 0 spiro atoms. The van der Waals surface area contributed by atoms with Crippen molar-refractivity contribution in [3.63, 3.8) is 0 Å². The third-order valence-corrected chi connectivity index (χ3v) is 2.61. The highest BCUT2D eigenvalue weighted by Gasteiger charge is 2.46. The van der Waals surface area contributed by atoms with Gasteiger partial charge >= 0.3 is 5.97 Å². The van der Waals surface area contributed by atoms with Crippen molar-refractivity contribution in [2.45, 2.75) is 31.2 Å². The molecule has 0 aliphatic carbocycles. The van der Waals surface area contributed by atoms with E-state index in [2.05, 4.69) is 0 Å². The third-order valence-electron chi connectivity index (χ3n) is 2.61. The van der Waals surface area contributed by atoms with E-state index in [1.165, 1.54) is 7.11 Å². The zero-order valence-electron chi connectivity index (χ0n) is 9.49. The Morgan fingerprint density at radius 1 is 1.47 bits per heavy atom. The molecule has 0 radical (unpaired) electrons. The van der Waals surface area contributed by atoms with Crippen LogP contribution in [0.2, 0.25) is 0 Å². The summed E-state index contributed by atoms with van der Waals surface area (Å²) in [5.41, 5.74) is 0. The van der Waals surface area contributed by atoms with Gasteiger partial charge in [-0.25, -0.2) is 8.78 Å². The highest BCUT2D eigenvalue weighted by molar-refractivity contribution is 5.81. The van der Waals surface area contributed by atoms with Gasteiger partial charge in [-0.15, -0.1) is 0 Å². The molecule has 98 valence electrons. The van der Waals surface area contributed by atoms with E-state index in [0.717, 1.165) is 4.90 Å². The van der Waals surface area contributed by atoms with Gasteiger partial charge in [0.25, 0.3) is 5.92 Å². The summed E-state index contributed by atoms with van der Waals surface area (Å²) >= 11 is 0. The quantitative estimate of drug-likeness (QED) is 0.782. The van der Waals surface area contributed by atoms with E-state index in [1.54, 1.807) is 0 Å². The predicted octanol–water partition coefficient (Wildman–Crippen LogP) is 0.734. The van der Waals surface area contributed by atoms with E-state index >= 15 is 0 Å². The minimum atomic E-state index is -2.91. The van der Waals surface area contributed by atoms with Crippen LogP contribution in [0.1, 0.15) is 19.3 Å². The average Bonchev–Trinajstić information content (AvgIpc) is 2.51. The normalized spacial score (nSPS) is 22.8. The zero-order chi connectivity index (χ0) is 13.1. The van der Waals surface area contributed by atoms with Crippen molar-refractivity contribution < 1.29 is 28.2 Å². The number of hydrogen-bond donors (Lipinski definition) is 1. The number of rotatable bonds is 5. The van der Waals surface area contributed by atoms with E-state index in [0.29, 0.717) is 0 Å². The molecule has 1 unspecified atom stereocenters. The molecular formula is C10H15F2NO4. The van der Waals surface area contributed by atoms with E-state index in [1.807, 2.05) is 0 Å². The number of halogens is 2. The molecule has 1 fully saturated rings. The number of carboxylic acids is 1. The number of likely N-dealkylation sites (tertiary alicyclic amines) is 1. The van der Waals surface area contributed by atoms with Crippen molar-refractivity contribution in [3.05, 3.63) is 0 Å². The van der Waals surface area contributed by atoms with Crippen LogP contribution in [0.4, 0.5) is 8.78 Å². The van der Waals surface area contributed by atoms with Gasteiger partial charge in [-0.05, 0) is 0 Å². The highest BCUT2D eigenvalue weighted by Crippen LogP contribution is 2.32. The largest absolute Gasteiger partial charge is 0.481 e. The molecule has 17 heavy (non-hydrogen) atoms. The summed E-state index contributed by atoms with van der Waals surface area (Å²) in [6.45, 7) is -0.617. The first-order valence-electron chi connectivity index (χ1n) is 5.24. The fraction of sp³-hybridized carbons (Fsp3) is 0.800. The molecule has 1 aliphatic rings. The summed E-state index contributed by atoms with van der Waals surface area (Å²) in [4.78, 5) is 22.9. The molecule has 1 aliphatic heterocycles. The van der Waals surface area contributed by atoms with Gasteiger partial charge < -0.3 is 14.7 Å². The number of nitrogens with zero attached hydrogens (tertiary/aromatic N) is 1. The number of amides is 1. The molecule has 1 atom stereocenters. The minimum absolute atomic E-state index is 0.0361. The number of methoxy groups -OCH3 is 1. The molecular weight excluding hydrogens is 236 g/mol. The third kappa shape index (κ3) is 3.92. The molecule has 0 aromatic heterocycles. The molecule has 7 heteroatoms. The summed E-state index contributed by atoms with van der Waals surface area (Å²) in [7, 11) is 1.37. The number of carbonyl (C=O) groups excluding carboxylic acids is 1. The van der Waals surface area contributed by atoms with Crippen molar-refractivity contribution in [1.82, 2.24) is 4.90 Å². The molecule has 0 aromatic rings. The number of aliphatic carboxylic acids is 1. The molecule has 1 rings (SSSR count). The van der Waals surface area contributed by atoms with E-state index in [9.17, 15) is 18.4 Å². The Hall–Kier alpha value is -1.24. The fourth-order valence-electron chi connectivity index (χ4n) is 1.89. The second-order valence-electron chi connectivity index (χ2n) is 4.08. The number of carboxylic acid groups (broad SMARTS) is 1. The Balaban J connectivity index is 2.60. The lowest BCUT2D eigenvalue weighted by atomic mass is 10.2. The SMILES string of the molecule is COCC1CC(F)(F)CN1C(=O)CCC(=O)O. The maximum atomic E-state index is 13.2. The second-order valence-corrected chi connectivity index (χ2v) is 4.08. The second kappa shape index (κ2) is 5.39. The lowest BCUT2D eigenvalue weighted by Crippen LogP contribution is -2.38. The van der Waals surface area contributed by atoms with Crippen LogP contribution in [0, 0.1) is 0 Å². The Morgan fingerprint density at radius 3 is 2.65 bits per heavy atom. The topological polar surface area (TPSA) is 66.8 Å². The van der Waals surface area contributed by atoms with Crippen molar-refractivity contribution in [2.24, 2.45) is 0 Å². The van der Waals surface area contributed by atoms with Crippen LogP contribution in [0.25, 0.3) is 0 Å². The van der Waals surface area contributed by atoms with Crippen LogP contribution in [0.5, 0.6) is 0 Å². The van der Waals surface area contributed by atoms with Crippen molar-refractivity contribution in [2.75, 3.05) is 20.3 Å². The molecule has 1 N–H and O–H groups in total. The first-order valence-corrected chi connectivity index (χ1v) is 5.24. The van der Waals surface area contributed by atoms with Gasteiger partial charge in [-0.3, -0.25) is 9.59 Å². The lowest BCUT2D eigenvalue weighted by molar-refractivity contribution is -0.141. The number of carbonyl (C=O) groups is 2. The van der Waals surface area contributed by atoms with Crippen LogP contribution in [-0.4, -0.2) is 54.1 Å². The fourth-order valence-corrected chi connectivity index (χ4v) is 1.89. The van der Waals surface area contributed by atoms with E-state index in [4.69, 9.17) is 9.84 Å². The van der Waals surface area contributed by atoms with Crippen LogP contribution < -0.4 is 0 Å². The molecule has 0 aromatic carbocycles. The van der Waals surface area contributed by atoms with Gasteiger partial charge in [0.2, 0.25) is 5.91 Å². The van der Waals surface area contributed by atoms with E-state index < -0.39 is 36.8 Å². The first kappa shape index (κ1) is 13.8. The Kier molecular flexibility index (Phi) is 4.39. The average molecular weight is 251 g/mol. The van der Waals surface area contributed by atoms with Crippen molar-refractivity contribution in [1.29, 1.82) is 0 Å². The van der Waals surface area contributed by atoms with Gasteiger partial charge in [0.05, 0.1) is 25.6 Å². The van der Waals surface area contributed by atoms with Gasteiger partial charge in [0.15, 0.2) is 0 Å². The minimum Gasteiger partial charge on any atom is -0.481 e.